The van der Waals surface area contributed by atoms with Crippen molar-refractivity contribution in [2.75, 3.05) is 37.5 Å². The topological polar surface area (TPSA) is 96.0 Å². The van der Waals surface area contributed by atoms with Crippen molar-refractivity contribution in [3.05, 3.63) is 70.8 Å². The van der Waals surface area contributed by atoms with Crippen molar-refractivity contribution in [3.8, 4) is 17.1 Å². The highest BCUT2D eigenvalue weighted by molar-refractivity contribution is 7.22. The van der Waals surface area contributed by atoms with Gasteiger partial charge in [-0.3, -0.25) is 15.1 Å². The number of alkyl halides is 1. The van der Waals surface area contributed by atoms with Crippen LogP contribution in [0.2, 0.25) is 5.02 Å². The third-order valence-corrected chi connectivity index (χ3v) is 12.1. The number of nitrogens with zero attached hydrogens (tertiary/aromatic N) is 6. The normalized spacial score (nSPS) is 22.7. The molecule has 2 aromatic heterocycles. The molecule has 0 radical (unpaired) electrons. The number of anilines is 2. The predicted molar refractivity (Wildman–Crippen MR) is 210 cm³/mol. The molecular formula is C40H43ClF3N7O3S. The van der Waals surface area contributed by atoms with E-state index < -0.39 is 29.5 Å². The molecule has 1 N–H and O–H groups in total. The van der Waals surface area contributed by atoms with E-state index in [9.17, 15) is 9.18 Å². The molecule has 3 aliphatic heterocycles. The first-order valence-corrected chi connectivity index (χ1v) is 19.7. The maximum atomic E-state index is 17.3. The highest BCUT2D eigenvalue weighted by Crippen LogP contribution is 2.48. The summed E-state index contributed by atoms with van der Waals surface area (Å²) in [5.74, 6) is -0.806. The van der Waals surface area contributed by atoms with Gasteiger partial charge in [-0.1, -0.05) is 53.3 Å². The minimum Gasteiger partial charge on any atom is -0.462 e. The van der Waals surface area contributed by atoms with Gasteiger partial charge in [0, 0.05) is 53.8 Å². The number of nitrogens with one attached hydrogen (secondary N) is 1. The third-order valence-electron chi connectivity index (χ3n) is 10.8. The molecule has 10 nitrogen and oxygen atoms in total. The Morgan fingerprint density at radius 2 is 1.85 bits per heavy atom. The molecule has 3 saturated heterocycles. The number of halogens is 4. The second-order valence-electron chi connectivity index (χ2n) is 15.8. The predicted octanol–water partition coefficient (Wildman–Crippen LogP) is 8.85. The Labute approximate surface area is 326 Å². The van der Waals surface area contributed by atoms with Crippen molar-refractivity contribution in [1.82, 2.24) is 24.8 Å². The van der Waals surface area contributed by atoms with Crippen LogP contribution in [-0.2, 0) is 11.3 Å². The monoisotopic (exact) mass is 793 g/mol. The number of fused-ring (bicyclic) bond motifs is 4. The molecule has 0 spiro atoms. The number of likely N-dealkylation sites (tertiary alicyclic amines) is 1. The number of ether oxygens (including phenoxy) is 2. The highest BCUT2D eigenvalue weighted by atomic mass is 35.5. The largest absolute Gasteiger partial charge is 0.462 e. The minimum absolute atomic E-state index is 0.0113. The van der Waals surface area contributed by atoms with Crippen molar-refractivity contribution in [2.24, 2.45) is 0 Å². The van der Waals surface area contributed by atoms with Gasteiger partial charge in [0.2, 0.25) is 0 Å². The fraction of sp³-hybridized carbons (Fsp3) is 0.450. The van der Waals surface area contributed by atoms with Crippen LogP contribution in [0, 0.1) is 11.6 Å². The van der Waals surface area contributed by atoms with Crippen LogP contribution in [0.3, 0.4) is 0 Å². The van der Waals surface area contributed by atoms with Crippen molar-refractivity contribution in [3.63, 3.8) is 0 Å². The molecular weight excluding hydrogens is 751 g/mol. The van der Waals surface area contributed by atoms with Crippen molar-refractivity contribution in [1.29, 1.82) is 0 Å². The quantitative estimate of drug-likeness (QED) is 0.157. The number of benzene rings is 3. The third kappa shape index (κ3) is 7.41. The molecule has 3 aromatic carbocycles. The molecule has 290 valence electrons. The van der Waals surface area contributed by atoms with Crippen LogP contribution in [0.25, 0.3) is 32.2 Å². The lowest BCUT2D eigenvalue weighted by atomic mass is 9.94. The average Bonchev–Trinajstić information content (AvgIpc) is 3.90. The van der Waals surface area contributed by atoms with Gasteiger partial charge >= 0.3 is 12.1 Å². The summed E-state index contributed by atoms with van der Waals surface area (Å²) < 4.78 is 58.4. The summed E-state index contributed by atoms with van der Waals surface area (Å²) in [6.45, 7) is 6.40. The van der Waals surface area contributed by atoms with Crippen molar-refractivity contribution < 1.29 is 27.4 Å². The van der Waals surface area contributed by atoms with Gasteiger partial charge in [-0.15, -0.1) is 0 Å². The molecule has 5 heterocycles. The Morgan fingerprint density at radius 1 is 1.07 bits per heavy atom. The van der Waals surface area contributed by atoms with Gasteiger partial charge in [0.25, 0.3) is 0 Å². The van der Waals surface area contributed by atoms with Crippen molar-refractivity contribution >= 4 is 61.1 Å². The van der Waals surface area contributed by atoms with Gasteiger partial charge in [-0.05, 0) is 84.3 Å². The molecule has 55 heavy (non-hydrogen) atoms. The number of carbonyl (C=O) groups is 1. The van der Waals surface area contributed by atoms with E-state index in [0.717, 1.165) is 37.1 Å². The summed E-state index contributed by atoms with van der Waals surface area (Å²) in [7, 11) is 3.98. The molecule has 1 amide bonds. The first-order valence-electron chi connectivity index (χ1n) is 18.5. The number of rotatable bonds is 9. The number of carbonyl (C=O) groups excluding carboxylic acids is 1. The number of aromatic nitrogens is 3. The molecule has 15 heteroatoms. The van der Waals surface area contributed by atoms with Gasteiger partial charge in [0.05, 0.1) is 15.2 Å². The zero-order chi connectivity index (χ0) is 38.8. The second kappa shape index (κ2) is 14.7. The zero-order valence-electron chi connectivity index (χ0n) is 31.3. The fourth-order valence-corrected chi connectivity index (χ4v) is 9.59. The first-order chi connectivity index (χ1) is 26.2. The van der Waals surface area contributed by atoms with Crippen LogP contribution in [0.1, 0.15) is 52.0 Å². The van der Waals surface area contributed by atoms with Gasteiger partial charge in [0.15, 0.2) is 10.9 Å². The van der Waals surface area contributed by atoms with Gasteiger partial charge in [-0.2, -0.15) is 9.97 Å². The summed E-state index contributed by atoms with van der Waals surface area (Å²) in [6.07, 6.45) is 1.40. The summed E-state index contributed by atoms with van der Waals surface area (Å²) in [5.41, 5.74) is 0.765. The molecule has 8 rings (SSSR count). The summed E-state index contributed by atoms with van der Waals surface area (Å²) in [6, 6.07) is 14.9. The van der Waals surface area contributed by atoms with Gasteiger partial charge < -0.3 is 14.4 Å². The summed E-state index contributed by atoms with van der Waals surface area (Å²) in [4.78, 5) is 33.1. The smallest absolute Gasteiger partial charge is 0.413 e. The van der Waals surface area contributed by atoms with Crippen LogP contribution < -0.4 is 15.0 Å². The Morgan fingerprint density at radius 3 is 2.58 bits per heavy atom. The second-order valence-corrected chi connectivity index (χ2v) is 17.2. The maximum Gasteiger partial charge on any atom is 0.413 e. The lowest BCUT2D eigenvalue weighted by Gasteiger charge is -2.32. The van der Waals surface area contributed by atoms with E-state index in [4.69, 9.17) is 26.1 Å². The first kappa shape index (κ1) is 37.7. The lowest BCUT2D eigenvalue weighted by molar-refractivity contribution is 0.0636. The summed E-state index contributed by atoms with van der Waals surface area (Å²) in [5, 5.41) is 3.13. The van der Waals surface area contributed by atoms with Gasteiger partial charge in [0.1, 0.15) is 35.5 Å². The number of thiazole rings is 1. The van der Waals surface area contributed by atoms with Crippen LogP contribution >= 0.6 is 22.9 Å². The maximum absolute atomic E-state index is 17.3. The van der Waals surface area contributed by atoms with Crippen molar-refractivity contribution in [2.45, 2.75) is 88.9 Å². The van der Waals surface area contributed by atoms with Crippen LogP contribution in [-0.4, -0.2) is 94.0 Å². The standard InChI is InChI=1S/C40H43ClF3N7O3S/c1-40(2,3)54-39(52)48-38-46-34-25(12-13-28(43)35(34)55-38)31-27(41)17-26-33(32(31)44)45-37(53-20-24-15-22(42)19-49(24)4)47-36(26)51-23-11-14-29(51)30(16-23)50(5)18-21-9-7-6-8-10-21/h6-10,12-13,17,22-24,29-30H,11,14-16,18-20H2,1-5H3,(H,46,48,52)/t22-,23-,24+,29+,30?/m1/s1. The Balaban J connectivity index is 1.20. The molecule has 3 fully saturated rings. The minimum atomic E-state index is -0.961. The van der Waals surface area contributed by atoms with Crippen LogP contribution in [0.15, 0.2) is 48.5 Å². The molecule has 0 aliphatic carbocycles. The fourth-order valence-electron chi connectivity index (χ4n) is 8.42. The molecule has 3 aliphatic rings. The Bertz CT molecular complexity index is 2260. The number of amides is 1. The van der Waals surface area contributed by atoms with E-state index in [1.165, 1.54) is 17.7 Å². The van der Waals surface area contributed by atoms with Crippen LogP contribution in [0.5, 0.6) is 6.01 Å². The zero-order valence-corrected chi connectivity index (χ0v) is 32.9. The van der Waals surface area contributed by atoms with Crippen LogP contribution in [0.4, 0.5) is 28.9 Å². The number of likely N-dealkylation sites (N-methyl/N-ethyl adjacent to an activating group) is 2. The Kier molecular flexibility index (Phi) is 10.1. The van der Waals surface area contributed by atoms with E-state index in [1.54, 1.807) is 26.8 Å². The Hall–Kier alpha value is -4.24. The van der Waals surface area contributed by atoms with E-state index in [2.05, 4.69) is 44.3 Å². The van der Waals surface area contributed by atoms with Gasteiger partial charge in [-0.25, -0.2) is 22.9 Å². The lowest BCUT2D eigenvalue weighted by Crippen LogP contribution is -2.42. The SMILES string of the molecule is CN(Cc1ccccc1)C1C[C@H]2CC[C@@H]1N2c1nc(OC[C@@H]2C[C@@H](F)CN2C)nc2c(F)c(-c3ccc(F)c4sc(NC(=O)OC(C)(C)C)nc34)c(Cl)cc12. The molecule has 0 saturated carbocycles. The molecule has 1 unspecified atom stereocenters. The number of hydrogen-bond donors (Lipinski definition) is 1. The summed E-state index contributed by atoms with van der Waals surface area (Å²) >= 11 is 7.90. The van der Waals surface area contributed by atoms with E-state index in [1.807, 2.05) is 30.1 Å². The molecule has 2 bridgehead atoms. The molecule has 5 aromatic rings. The van der Waals surface area contributed by atoms with E-state index in [0.29, 0.717) is 24.2 Å². The number of hydrogen-bond acceptors (Lipinski definition) is 10. The highest BCUT2D eigenvalue weighted by Gasteiger charge is 2.49. The average molecular weight is 794 g/mol. The van der Waals surface area contributed by atoms with E-state index >= 15 is 8.78 Å². The molecule has 5 atom stereocenters. The van der Waals surface area contributed by atoms with E-state index in [-0.39, 0.29) is 73.8 Å².